The van der Waals surface area contributed by atoms with Gasteiger partial charge in [-0.15, -0.1) is 11.3 Å². The van der Waals surface area contributed by atoms with Gasteiger partial charge in [0.25, 0.3) is 0 Å². The second-order valence-electron chi connectivity index (χ2n) is 6.35. The van der Waals surface area contributed by atoms with Crippen molar-refractivity contribution in [3.8, 4) is 0 Å². The third kappa shape index (κ3) is 3.59. The predicted molar refractivity (Wildman–Crippen MR) is 108 cm³/mol. The molecule has 0 saturated carbocycles. The lowest BCUT2D eigenvalue weighted by atomic mass is 10.0. The van der Waals surface area contributed by atoms with Crippen LogP contribution in [-0.2, 0) is 17.9 Å². The van der Waals surface area contributed by atoms with Gasteiger partial charge in [0.15, 0.2) is 5.78 Å². The standard InChI is InChI=1S/C22H17FN2O2S/c23-19-9-3-1-8-17(19)22(27)18-13-25(20-10-4-2-7-16(18)20)14-21(26)24-12-15-6-5-11-28-15/h1-11,13H,12,14H2,(H,24,26). The molecule has 0 saturated heterocycles. The van der Waals surface area contributed by atoms with E-state index < -0.39 is 11.6 Å². The van der Waals surface area contributed by atoms with Crippen LogP contribution in [0.5, 0.6) is 0 Å². The van der Waals surface area contributed by atoms with E-state index in [1.165, 1.54) is 12.1 Å². The second-order valence-corrected chi connectivity index (χ2v) is 7.39. The number of halogens is 1. The fourth-order valence-corrected chi connectivity index (χ4v) is 3.80. The van der Waals surface area contributed by atoms with Gasteiger partial charge in [-0.3, -0.25) is 9.59 Å². The highest BCUT2D eigenvalue weighted by Crippen LogP contribution is 2.25. The van der Waals surface area contributed by atoms with Crippen LogP contribution in [0, 0.1) is 5.82 Å². The Bertz CT molecular complexity index is 1150. The zero-order chi connectivity index (χ0) is 19.5. The molecule has 6 heteroatoms. The average molecular weight is 392 g/mol. The minimum Gasteiger partial charge on any atom is -0.350 e. The number of benzene rings is 2. The number of carbonyl (C=O) groups is 2. The van der Waals surface area contributed by atoms with Crippen LogP contribution in [0.1, 0.15) is 20.8 Å². The third-order valence-electron chi connectivity index (χ3n) is 4.51. The van der Waals surface area contributed by atoms with Gasteiger partial charge in [0.2, 0.25) is 5.91 Å². The molecule has 4 aromatic rings. The van der Waals surface area contributed by atoms with Crippen LogP contribution in [-0.4, -0.2) is 16.3 Å². The van der Waals surface area contributed by atoms with E-state index in [0.717, 1.165) is 10.4 Å². The van der Waals surface area contributed by atoms with E-state index in [1.807, 2.05) is 41.8 Å². The molecule has 140 valence electrons. The van der Waals surface area contributed by atoms with Crippen LogP contribution in [0.3, 0.4) is 0 Å². The molecule has 0 bridgehead atoms. The molecule has 1 amide bonds. The lowest BCUT2D eigenvalue weighted by Crippen LogP contribution is -2.26. The van der Waals surface area contributed by atoms with Crippen LogP contribution in [0.2, 0.25) is 0 Å². The summed E-state index contributed by atoms with van der Waals surface area (Å²) in [5.74, 6) is -1.11. The summed E-state index contributed by atoms with van der Waals surface area (Å²) in [6.45, 7) is 0.549. The van der Waals surface area contributed by atoms with Crippen molar-refractivity contribution < 1.29 is 14.0 Å². The maximum atomic E-state index is 14.1. The molecule has 2 aromatic heterocycles. The fourth-order valence-electron chi connectivity index (χ4n) is 3.16. The molecule has 0 spiro atoms. The number of carbonyl (C=O) groups excluding carboxylic acids is 2. The molecule has 0 aliphatic rings. The van der Waals surface area contributed by atoms with Crippen molar-refractivity contribution in [2.45, 2.75) is 13.1 Å². The number of rotatable bonds is 6. The first-order valence-corrected chi connectivity index (χ1v) is 9.67. The Kier molecular flexibility index (Phi) is 5.04. The Morgan fingerprint density at radius 1 is 0.964 bits per heavy atom. The van der Waals surface area contributed by atoms with Gasteiger partial charge in [-0.25, -0.2) is 4.39 Å². The maximum Gasteiger partial charge on any atom is 0.240 e. The minimum absolute atomic E-state index is 0.0209. The first kappa shape index (κ1) is 18.1. The third-order valence-corrected chi connectivity index (χ3v) is 5.38. The molecule has 0 aliphatic heterocycles. The van der Waals surface area contributed by atoms with Gasteiger partial charge in [0.05, 0.1) is 12.1 Å². The summed E-state index contributed by atoms with van der Waals surface area (Å²) in [4.78, 5) is 26.4. The molecule has 28 heavy (non-hydrogen) atoms. The molecule has 1 N–H and O–H groups in total. The topological polar surface area (TPSA) is 51.1 Å². The van der Waals surface area contributed by atoms with Crippen molar-refractivity contribution in [3.05, 3.63) is 94.1 Å². The predicted octanol–water partition coefficient (Wildman–Crippen LogP) is 4.39. The number of nitrogens with one attached hydrogen (secondary N) is 1. The SMILES string of the molecule is O=C(Cn1cc(C(=O)c2ccccc2F)c2ccccc21)NCc1cccs1. The van der Waals surface area contributed by atoms with Crippen LogP contribution >= 0.6 is 11.3 Å². The summed E-state index contributed by atoms with van der Waals surface area (Å²) < 4.78 is 15.8. The number of hydrogen-bond donors (Lipinski definition) is 1. The van der Waals surface area contributed by atoms with Crippen molar-refractivity contribution in [1.29, 1.82) is 0 Å². The van der Waals surface area contributed by atoms with Gasteiger partial charge in [-0.1, -0.05) is 36.4 Å². The molecular weight excluding hydrogens is 375 g/mol. The van der Waals surface area contributed by atoms with Gasteiger partial charge in [-0.05, 0) is 29.6 Å². The van der Waals surface area contributed by atoms with Crippen molar-refractivity contribution in [1.82, 2.24) is 9.88 Å². The smallest absolute Gasteiger partial charge is 0.240 e. The minimum atomic E-state index is -0.557. The summed E-state index contributed by atoms with van der Waals surface area (Å²) in [5, 5.41) is 5.54. The van der Waals surface area contributed by atoms with E-state index in [0.29, 0.717) is 17.5 Å². The van der Waals surface area contributed by atoms with Crippen molar-refractivity contribution in [2.24, 2.45) is 0 Å². The zero-order valence-corrected chi connectivity index (χ0v) is 15.7. The Balaban J connectivity index is 1.62. The Morgan fingerprint density at radius 2 is 1.75 bits per heavy atom. The molecule has 2 heterocycles. The van der Waals surface area contributed by atoms with E-state index in [2.05, 4.69) is 5.32 Å². The van der Waals surface area contributed by atoms with Crippen LogP contribution < -0.4 is 5.32 Å². The number of nitrogens with zero attached hydrogens (tertiary/aromatic N) is 1. The number of para-hydroxylation sites is 1. The largest absolute Gasteiger partial charge is 0.350 e. The zero-order valence-electron chi connectivity index (χ0n) is 14.9. The Labute approximate surface area is 165 Å². The first-order chi connectivity index (χ1) is 13.6. The van der Waals surface area contributed by atoms with E-state index in [4.69, 9.17) is 0 Å². The number of aromatic nitrogens is 1. The van der Waals surface area contributed by atoms with E-state index in [9.17, 15) is 14.0 Å². The number of hydrogen-bond acceptors (Lipinski definition) is 3. The van der Waals surface area contributed by atoms with Crippen molar-refractivity contribution >= 4 is 33.9 Å². The lowest BCUT2D eigenvalue weighted by Gasteiger charge is -2.06. The number of amides is 1. The summed E-state index contributed by atoms with van der Waals surface area (Å²) >= 11 is 1.58. The number of ketones is 1. The van der Waals surface area contributed by atoms with Crippen LogP contribution in [0.15, 0.2) is 72.2 Å². The molecule has 0 radical (unpaired) electrons. The van der Waals surface area contributed by atoms with E-state index >= 15 is 0 Å². The molecular formula is C22H17FN2O2S. The maximum absolute atomic E-state index is 14.1. The van der Waals surface area contributed by atoms with Gasteiger partial charge >= 0.3 is 0 Å². The van der Waals surface area contributed by atoms with Gasteiger partial charge < -0.3 is 9.88 Å². The number of fused-ring (bicyclic) bond motifs is 1. The van der Waals surface area contributed by atoms with Crippen molar-refractivity contribution in [2.75, 3.05) is 0 Å². The molecule has 4 nitrogen and oxygen atoms in total. The van der Waals surface area contributed by atoms with E-state index in [-0.39, 0.29) is 18.0 Å². The molecule has 0 fully saturated rings. The van der Waals surface area contributed by atoms with Gasteiger partial charge in [0.1, 0.15) is 12.4 Å². The normalized spacial score (nSPS) is 10.9. The summed E-state index contributed by atoms with van der Waals surface area (Å²) in [6.07, 6.45) is 1.63. The summed E-state index contributed by atoms with van der Waals surface area (Å²) in [7, 11) is 0. The highest BCUT2D eigenvalue weighted by atomic mass is 32.1. The van der Waals surface area contributed by atoms with Gasteiger partial charge in [-0.2, -0.15) is 0 Å². The Hall–Kier alpha value is -3.25. The van der Waals surface area contributed by atoms with Crippen LogP contribution in [0.4, 0.5) is 4.39 Å². The molecule has 4 rings (SSSR count). The van der Waals surface area contributed by atoms with Gasteiger partial charge in [0, 0.05) is 27.5 Å². The first-order valence-electron chi connectivity index (χ1n) is 8.79. The fraction of sp³-hybridized carbons (Fsp3) is 0.0909. The summed E-state index contributed by atoms with van der Waals surface area (Å²) in [6, 6.07) is 17.1. The molecule has 2 aromatic carbocycles. The number of thiophene rings is 1. The van der Waals surface area contributed by atoms with Crippen LogP contribution in [0.25, 0.3) is 10.9 Å². The monoisotopic (exact) mass is 392 g/mol. The summed E-state index contributed by atoms with van der Waals surface area (Å²) in [5.41, 5.74) is 1.16. The molecule has 0 unspecified atom stereocenters. The molecule has 0 aliphatic carbocycles. The molecule has 0 atom stereocenters. The Morgan fingerprint density at radius 3 is 2.54 bits per heavy atom. The van der Waals surface area contributed by atoms with Crippen molar-refractivity contribution in [3.63, 3.8) is 0 Å². The highest BCUT2D eigenvalue weighted by molar-refractivity contribution is 7.09. The average Bonchev–Trinajstić information content (AvgIpc) is 3.35. The highest BCUT2D eigenvalue weighted by Gasteiger charge is 2.19. The quantitative estimate of drug-likeness (QED) is 0.495. The van der Waals surface area contributed by atoms with E-state index in [1.54, 1.807) is 34.2 Å². The lowest BCUT2D eigenvalue weighted by molar-refractivity contribution is -0.121. The second kappa shape index (κ2) is 7.78.